The first-order valence-corrected chi connectivity index (χ1v) is 9.54. The summed E-state index contributed by atoms with van der Waals surface area (Å²) in [6.07, 6.45) is 2.67. The van der Waals surface area contributed by atoms with Crippen LogP contribution in [0.2, 0.25) is 5.02 Å². The Morgan fingerprint density at radius 1 is 1.24 bits per heavy atom. The molecule has 1 heterocycles. The number of nitrogens with one attached hydrogen (secondary N) is 1. The average Bonchev–Trinajstić information content (AvgIpc) is 2.69. The number of ether oxygens (including phenoxy) is 1. The summed E-state index contributed by atoms with van der Waals surface area (Å²) in [4.78, 5) is 28.7. The first kappa shape index (κ1) is 20.8. The van der Waals surface area contributed by atoms with E-state index in [-0.39, 0.29) is 22.4 Å². The van der Waals surface area contributed by atoms with Crippen LogP contribution in [-0.4, -0.2) is 28.3 Å². The Bertz CT molecular complexity index is 1120. The van der Waals surface area contributed by atoms with Crippen molar-refractivity contribution in [3.05, 3.63) is 75.8 Å². The van der Waals surface area contributed by atoms with Crippen molar-refractivity contribution in [2.45, 2.75) is 5.03 Å². The van der Waals surface area contributed by atoms with Gasteiger partial charge >= 0.3 is 0 Å². The van der Waals surface area contributed by atoms with Gasteiger partial charge in [-0.3, -0.25) is 14.2 Å². The van der Waals surface area contributed by atoms with Crippen LogP contribution in [0.5, 0.6) is 5.75 Å². The largest absolute Gasteiger partial charge is 0.495 e. The second kappa shape index (κ2) is 9.06. The zero-order chi connectivity index (χ0) is 21.0. The monoisotopic (exact) mass is 437 g/mol. The second-order valence-corrected chi connectivity index (χ2v) is 7.06. The molecule has 0 radical (unpaired) electrons. The SMILES string of the molecule is COc1ccc(NC(=O)CSc2nccn(-c3ccc(F)c(F)c3)c2=O)cc1Cl. The number of carbonyl (C=O) groups is 1. The Hall–Kier alpha value is -2.91. The van der Waals surface area contributed by atoms with Crippen molar-refractivity contribution in [3.8, 4) is 11.4 Å². The number of halogens is 3. The molecule has 0 bridgehead atoms. The van der Waals surface area contributed by atoms with Gasteiger partial charge in [0.2, 0.25) is 5.91 Å². The number of rotatable bonds is 6. The number of thioether (sulfide) groups is 1. The molecule has 0 aliphatic rings. The molecule has 0 saturated heterocycles. The Kier molecular flexibility index (Phi) is 6.50. The maximum Gasteiger partial charge on any atom is 0.287 e. The molecule has 10 heteroatoms. The number of methoxy groups -OCH3 is 1. The minimum Gasteiger partial charge on any atom is -0.495 e. The van der Waals surface area contributed by atoms with E-state index in [1.807, 2.05) is 0 Å². The Balaban J connectivity index is 1.71. The summed E-state index contributed by atoms with van der Waals surface area (Å²) < 4.78 is 32.7. The van der Waals surface area contributed by atoms with Crippen molar-refractivity contribution in [2.75, 3.05) is 18.2 Å². The maximum absolute atomic E-state index is 13.5. The summed E-state index contributed by atoms with van der Waals surface area (Å²) in [5, 5.41) is 3.04. The Morgan fingerprint density at radius 2 is 2.03 bits per heavy atom. The van der Waals surface area contributed by atoms with Crippen molar-refractivity contribution >= 4 is 35.0 Å². The standard InChI is InChI=1S/C19H14ClF2N3O3S/c1-28-16-5-2-11(8-13(16)20)24-17(26)10-29-18-19(27)25(7-6-23-18)12-3-4-14(21)15(22)9-12/h2-9H,10H2,1H3,(H,24,26). The average molecular weight is 438 g/mol. The van der Waals surface area contributed by atoms with Gasteiger partial charge in [-0.2, -0.15) is 0 Å². The fourth-order valence-corrected chi connectivity index (χ4v) is 3.36. The van der Waals surface area contributed by atoms with Crippen molar-refractivity contribution < 1.29 is 18.3 Å². The van der Waals surface area contributed by atoms with Crippen molar-refractivity contribution in [2.24, 2.45) is 0 Å². The first-order valence-electron chi connectivity index (χ1n) is 8.18. The molecular formula is C19H14ClF2N3O3S. The number of anilines is 1. The predicted octanol–water partition coefficient (Wildman–Crippen LogP) is 3.90. The number of carbonyl (C=O) groups excluding carboxylic acids is 1. The molecule has 29 heavy (non-hydrogen) atoms. The molecule has 1 amide bonds. The lowest BCUT2D eigenvalue weighted by Gasteiger charge is -2.09. The highest BCUT2D eigenvalue weighted by Gasteiger charge is 2.12. The van der Waals surface area contributed by atoms with Gasteiger partial charge in [-0.05, 0) is 30.3 Å². The van der Waals surface area contributed by atoms with Gasteiger partial charge in [-0.25, -0.2) is 13.8 Å². The normalized spacial score (nSPS) is 10.6. The third-order valence-corrected chi connectivity index (χ3v) is 5.02. The van der Waals surface area contributed by atoms with Crippen molar-refractivity contribution in [3.63, 3.8) is 0 Å². The third kappa shape index (κ3) is 4.93. The molecule has 0 fully saturated rings. The van der Waals surface area contributed by atoms with Crippen LogP contribution < -0.4 is 15.6 Å². The molecule has 0 aliphatic heterocycles. The summed E-state index contributed by atoms with van der Waals surface area (Å²) in [7, 11) is 1.48. The van der Waals surface area contributed by atoms with E-state index >= 15 is 0 Å². The van der Waals surface area contributed by atoms with E-state index in [0.717, 1.165) is 28.5 Å². The fraction of sp³-hybridized carbons (Fsp3) is 0.105. The van der Waals surface area contributed by atoms with Gasteiger partial charge in [0.25, 0.3) is 5.56 Å². The lowest BCUT2D eigenvalue weighted by molar-refractivity contribution is -0.113. The van der Waals surface area contributed by atoms with Gasteiger partial charge in [-0.15, -0.1) is 0 Å². The second-order valence-electron chi connectivity index (χ2n) is 5.69. The Morgan fingerprint density at radius 3 is 2.72 bits per heavy atom. The summed E-state index contributed by atoms with van der Waals surface area (Å²) in [6, 6.07) is 7.89. The van der Waals surface area contributed by atoms with Crippen LogP contribution in [0.1, 0.15) is 0 Å². The van der Waals surface area contributed by atoms with Crippen LogP contribution in [0.15, 0.2) is 58.6 Å². The van der Waals surface area contributed by atoms with Gasteiger partial charge in [0.05, 0.1) is 23.6 Å². The van der Waals surface area contributed by atoms with Crippen LogP contribution in [0, 0.1) is 11.6 Å². The van der Waals surface area contributed by atoms with Crippen LogP contribution in [-0.2, 0) is 4.79 Å². The topological polar surface area (TPSA) is 73.2 Å². The number of nitrogens with zero attached hydrogens (tertiary/aromatic N) is 2. The lowest BCUT2D eigenvalue weighted by atomic mass is 10.3. The quantitative estimate of drug-likeness (QED) is 0.592. The molecule has 0 unspecified atom stereocenters. The Labute approximate surface area is 173 Å². The van der Waals surface area contributed by atoms with E-state index in [1.54, 1.807) is 18.2 Å². The highest BCUT2D eigenvalue weighted by Crippen LogP contribution is 2.27. The van der Waals surface area contributed by atoms with Crippen LogP contribution >= 0.6 is 23.4 Å². The fourth-order valence-electron chi connectivity index (χ4n) is 2.41. The van der Waals surface area contributed by atoms with E-state index < -0.39 is 17.2 Å². The van der Waals surface area contributed by atoms with E-state index in [9.17, 15) is 18.4 Å². The molecule has 0 aliphatic carbocycles. The zero-order valence-electron chi connectivity index (χ0n) is 15.0. The highest BCUT2D eigenvalue weighted by molar-refractivity contribution is 7.99. The smallest absolute Gasteiger partial charge is 0.287 e. The molecule has 0 atom stereocenters. The number of aromatic nitrogens is 2. The summed E-state index contributed by atoms with van der Waals surface area (Å²) in [5.74, 6) is -2.07. The zero-order valence-corrected chi connectivity index (χ0v) is 16.6. The number of amides is 1. The van der Waals surface area contributed by atoms with E-state index in [0.29, 0.717) is 16.5 Å². The molecule has 0 spiro atoms. The molecule has 3 rings (SSSR count). The van der Waals surface area contributed by atoms with Crippen molar-refractivity contribution in [1.29, 1.82) is 0 Å². The van der Waals surface area contributed by atoms with Crippen LogP contribution in [0.25, 0.3) is 5.69 Å². The van der Waals surface area contributed by atoms with Gasteiger partial charge in [0, 0.05) is 24.1 Å². The van der Waals surface area contributed by atoms with Crippen molar-refractivity contribution in [1.82, 2.24) is 9.55 Å². The van der Waals surface area contributed by atoms with Crippen LogP contribution in [0.4, 0.5) is 14.5 Å². The van der Waals surface area contributed by atoms with Gasteiger partial charge in [0.1, 0.15) is 5.75 Å². The number of hydrogen-bond donors (Lipinski definition) is 1. The molecule has 1 aromatic heterocycles. The molecule has 3 aromatic rings. The lowest BCUT2D eigenvalue weighted by Crippen LogP contribution is -2.22. The van der Waals surface area contributed by atoms with E-state index in [2.05, 4.69) is 10.3 Å². The van der Waals surface area contributed by atoms with Gasteiger partial charge < -0.3 is 10.1 Å². The number of hydrogen-bond acceptors (Lipinski definition) is 5. The third-order valence-electron chi connectivity index (χ3n) is 3.77. The molecule has 150 valence electrons. The highest BCUT2D eigenvalue weighted by atomic mass is 35.5. The molecule has 6 nitrogen and oxygen atoms in total. The van der Waals surface area contributed by atoms with E-state index in [4.69, 9.17) is 16.3 Å². The molecule has 2 aromatic carbocycles. The minimum absolute atomic E-state index is 0.0418. The van der Waals surface area contributed by atoms with Crippen LogP contribution in [0.3, 0.4) is 0 Å². The molecule has 1 N–H and O–H groups in total. The van der Waals surface area contributed by atoms with E-state index in [1.165, 1.54) is 25.6 Å². The summed E-state index contributed by atoms with van der Waals surface area (Å²) in [6.45, 7) is 0. The number of benzene rings is 2. The first-order chi connectivity index (χ1) is 13.9. The molecular weight excluding hydrogens is 424 g/mol. The maximum atomic E-state index is 13.5. The molecule has 0 saturated carbocycles. The summed E-state index contributed by atoms with van der Waals surface area (Å²) >= 11 is 6.94. The predicted molar refractivity (Wildman–Crippen MR) is 107 cm³/mol. The van der Waals surface area contributed by atoms with Gasteiger partial charge in [0.15, 0.2) is 16.7 Å². The van der Waals surface area contributed by atoms with Gasteiger partial charge in [-0.1, -0.05) is 23.4 Å². The minimum atomic E-state index is -1.07. The summed E-state index contributed by atoms with van der Waals surface area (Å²) in [5.41, 5.74) is 0.0703.